The van der Waals surface area contributed by atoms with Gasteiger partial charge >= 0.3 is 11.9 Å². The Balaban J connectivity index is 1.85. The van der Waals surface area contributed by atoms with Crippen molar-refractivity contribution in [2.45, 2.75) is 31.7 Å². The molecule has 10 nitrogen and oxygen atoms in total. The minimum atomic E-state index is -1.35. The summed E-state index contributed by atoms with van der Waals surface area (Å²) >= 11 is 0. The number of carboxylic acid groups (broad SMARTS) is 2. The van der Waals surface area contributed by atoms with Gasteiger partial charge in [-0.1, -0.05) is 0 Å². The number of hydrogen-bond acceptors (Lipinski definition) is 6. The minimum absolute atomic E-state index is 0.00585. The van der Waals surface area contributed by atoms with Gasteiger partial charge in [0.1, 0.15) is 17.4 Å². The molecule has 4 N–H and O–H groups in total. The first-order chi connectivity index (χ1) is 14.8. The molecule has 0 bridgehead atoms. The quantitative estimate of drug-likeness (QED) is 0.519. The highest BCUT2D eigenvalue weighted by Gasteiger charge is 2.36. The van der Waals surface area contributed by atoms with Crippen LogP contribution >= 0.6 is 0 Å². The monoisotopic (exact) mass is 429 g/mol. The zero-order chi connectivity index (χ0) is 22.3. The summed E-state index contributed by atoms with van der Waals surface area (Å²) in [6.45, 7) is 1.52. The first-order valence-corrected chi connectivity index (χ1v) is 10.2. The van der Waals surface area contributed by atoms with E-state index in [-0.39, 0.29) is 47.5 Å². The number of anilines is 1. The van der Waals surface area contributed by atoms with Gasteiger partial charge in [0.2, 0.25) is 11.8 Å². The van der Waals surface area contributed by atoms with Gasteiger partial charge in [0, 0.05) is 42.6 Å². The van der Waals surface area contributed by atoms with Crippen molar-refractivity contribution < 1.29 is 34.5 Å². The average molecular weight is 429 g/mol. The Morgan fingerprint density at radius 1 is 1.00 bits per heavy atom. The number of carbonyl (C=O) groups excluding carboxylic acids is 2. The minimum Gasteiger partial charge on any atom is -0.477 e. The van der Waals surface area contributed by atoms with Crippen molar-refractivity contribution in [1.29, 1.82) is 0 Å². The summed E-state index contributed by atoms with van der Waals surface area (Å²) in [6.07, 6.45) is 1.62. The smallest absolute Gasteiger partial charge is 0.353 e. The van der Waals surface area contributed by atoms with Crippen molar-refractivity contribution in [3.05, 3.63) is 29.6 Å². The van der Waals surface area contributed by atoms with Gasteiger partial charge in [-0.3, -0.25) is 14.9 Å². The average Bonchev–Trinajstić information content (AvgIpc) is 3.08. The molecule has 1 unspecified atom stereocenters. The summed E-state index contributed by atoms with van der Waals surface area (Å²) in [6, 6.07) is 3.86. The second-order valence-electron chi connectivity index (χ2n) is 7.99. The van der Waals surface area contributed by atoms with Crippen molar-refractivity contribution in [3.63, 3.8) is 0 Å². The predicted octanol–water partition coefficient (Wildman–Crippen LogP) is 1.22. The Kier molecular flexibility index (Phi) is 5.40. The second-order valence-corrected chi connectivity index (χ2v) is 7.99. The third kappa shape index (κ3) is 3.63. The van der Waals surface area contributed by atoms with Crippen molar-refractivity contribution in [1.82, 2.24) is 9.88 Å². The Hall–Kier alpha value is -3.40. The molecule has 3 heterocycles. The van der Waals surface area contributed by atoms with Gasteiger partial charge < -0.3 is 24.8 Å². The van der Waals surface area contributed by atoms with Gasteiger partial charge in [0.25, 0.3) is 0 Å². The number of fused-ring (bicyclic) bond motifs is 1. The number of rotatable bonds is 5. The van der Waals surface area contributed by atoms with E-state index in [4.69, 9.17) is 0 Å². The summed E-state index contributed by atoms with van der Waals surface area (Å²) in [5.74, 6) is -3.65. The van der Waals surface area contributed by atoms with E-state index in [2.05, 4.69) is 10.2 Å². The highest BCUT2D eigenvalue weighted by atomic mass is 16.4. The predicted molar refractivity (Wildman–Crippen MR) is 109 cm³/mol. The largest absolute Gasteiger partial charge is 0.477 e. The van der Waals surface area contributed by atoms with Gasteiger partial charge in [-0.15, -0.1) is 0 Å². The number of aliphatic hydroxyl groups excluding tert-OH is 1. The number of amides is 2. The number of nitrogens with zero attached hydrogens (tertiary/aromatic N) is 2. The first-order valence-electron chi connectivity index (χ1n) is 10.2. The van der Waals surface area contributed by atoms with E-state index < -0.39 is 29.8 Å². The molecule has 2 amide bonds. The first kappa shape index (κ1) is 20.9. The molecule has 0 aliphatic carbocycles. The number of nitrogens with one attached hydrogen (secondary N) is 1. The molecule has 1 aromatic carbocycles. The second kappa shape index (κ2) is 8.03. The molecule has 164 valence electrons. The van der Waals surface area contributed by atoms with E-state index in [0.29, 0.717) is 13.1 Å². The van der Waals surface area contributed by atoms with Crippen molar-refractivity contribution in [2.75, 3.05) is 24.6 Å². The normalized spacial score (nSPS) is 20.2. The molecule has 2 saturated heterocycles. The lowest BCUT2D eigenvalue weighted by Gasteiger charge is -2.33. The van der Waals surface area contributed by atoms with Gasteiger partial charge in [0.15, 0.2) is 0 Å². The van der Waals surface area contributed by atoms with Crippen LogP contribution < -0.4 is 10.2 Å². The van der Waals surface area contributed by atoms with Crippen LogP contribution in [0.2, 0.25) is 0 Å². The third-order valence-electron chi connectivity index (χ3n) is 6.16. The number of imide groups is 1. The number of carbonyl (C=O) groups is 4. The van der Waals surface area contributed by atoms with E-state index in [1.54, 1.807) is 18.2 Å². The summed E-state index contributed by atoms with van der Waals surface area (Å²) in [7, 11) is 0. The Labute approximate surface area is 177 Å². The topological polar surface area (TPSA) is 149 Å². The molecule has 2 aliphatic heterocycles. The van der Waals surface area contributed by atoms with E-state index in [1.807, 2.05) is 0 Å². The van der Waals surface area contributed by atoms with E-state index >= 15 is 0 Å². The van der Waals surface area contributed by atoms with Crippen molar-refractivity contribution in [3.8, 4) is 0 Å². The highest BCUT2D eigenvalue weighted by molar-refractivity contribution is 6.13. The highest BCUT2D eigenvalue weighted by Crippen LogP contribution is 2.36. The zero-order valence-electron chi connectivity index (χ0n) is 16.7. The van der Waals surface area contributed by atoms with Crippen LogP contribution in [0.5, 0.6) is 0 Å². The number of hydrogen-bond donors (Lipinski definition) is 4. The summed E-state index contributed by atoms with van der Waals surface area (Å²) < 4.78 is 1.04. The van der Waals surface area contributed by atoms with Crippen LogP contribution in [-0.4, -0.2) is 63.3 Å². The molecule has 2 aliphatic rings. The third-order valence-corrected chi connectivity index (χ3v) is 6.16. The van der Waals surface area contributed by atoms with Crippen LogP contribution in [-0.2, 0) is 9.59 Å². The summed E-state index contributed by atoms with van der Waals surface area (Å²) in [5, 5.41) is 31.8. The van der Waals surface area contributed by atoms with Crippen LogP contribution in [0, 0.1) is 5.92 Å². The standard InChI is InChI=1S/C21H23N3O7/c25-10-11-5-7-23(8-6-11)12-1-2-13-14(9-12)18(21(30)31)24(17(13)20(28)29)15-3-4-16(26)22-19(15)27/h1-2,9,11,15,25H,3-8,10H2,(H,28,29)(H,30,31)(H,22,26,27). The molecule has 0 radical (unpaired) electrons. The Morgan fingerprint density at radius 3 is 2.23 bits per heavy atom. The van der Waals surface area contributed by atoms with E-state index in [0.717, 1.165) is 23.1 Å². The maximum Gasteiger partial charge on any atom is 0.353 e. The van der Waals surface area contributed by atoms with Crippen molar-refractivity contribution in [2.24, 2.45) is 5.92 Å². The molecular formula is C21H23N3O7. The summed E-state index contributed by atoms with van der Waals surface area (Å²) in [5.41, 5.74) is 0.185. The fourth-order valence-corrected chi connectivity index (χ4v) is 4.55. The molecular weight excluding hydrogens is 406 g/mol. The van der Waals surface area contributed by atoms with Gasteiger partial charge in [-0.25, -0.2) is 9.59 Å². The molecule has 0 saturated carbocycles. The molecule has 1 atom stereocenters. The van der Waals surface area contributed by atoms with E-state index in [1.165, 1.54) is 0 Å². The molecule has 2 aromatic rings. The maximum absolute atomic E-state index is 12.4. The van der Waals surface area contributed by atoms with Crippen LogP contribution in [0.25, 0.3) is 10.8 Å². The van der Waals surface area contributed by atoms with Crippen molar-refractivity contribution >= 4 is 40.2 Å². The molecule has 31 heavy (non-hydrogen) atoms. The SMILES string of the molecule is O=C1CCC(n2c(C(=O)O)c3ccc(N4CCC(CO)CC4)cc3c2C(=O)O)C(=O)N1. The molecule has 4 rings (SSSR count). The van der Waals surface area contributed by atoms with Gasteiger partial charge in [0.05, 0.1) is 0 Å². The molecule has 2 fully saturated rings. The van der Waals surface area contributed by atoms with Gasteiger partial charge in [-0.2, -0.15) is 0 Å². The number of aromatic carboxylic acids is 2. The lowest BCUT2D eigenvalue weighted by molar-refractivity contribution is -0.135. The number of aliphatic hydroxyl groups is 1. The molecule has 10 heteroatoms. The lowest BCUT2D eigenvalue weighted by atomic mass is 9.97. The molecule has 0 spiro atoms. The van der Waals surface area contributed by atoms with Gasteiger partial charge in [-0.05, 0) is 43.4 Å². The fraction of sp³-hybridized carbons (Fsp3) is 0.429. The lowest BCUT2D eigenvalue weighted by Crippen LogP contribution is -2.43. The van der Waals surface area contributed by atoms with Crippen LogP contribution in [0.3, 0.4) is 0 Å². The van der Waals surface area contributed by atoms with Crippen LogP contribution in [0.15, 0.2) is 18.2 Å². The zero-order valence-corrected chi connectivity index (χ0v) is 16.7. The number of piperidine rings is 2. The van der Waals surface area contributed by atoms with Crippen LogP contribution in [0.4, 0.5) is 5.69 Å². The van der Waals surface area contributed by atoms with E-state index in [9.17, 15) is 34.5 Å². The fourth-order valence-electron chi connectivity index (χ4n) is 4.55. The maximum atomic E-state index is 12.4. The Morgan fingerprint density at radius 2 is 1.65 bits per heavy atom. The number of carboxylic acids is 2. The Bertz CT molecular complexity index is 1080. The summed E-state index contributed by atoms with van der Waals surface area (Å²) in [4.78, 5) is 50.3. The number of benzene rings is 1. The van der Waals surface area contributed by atoms with Crippen LogP contribution in [0.1, 0.15) is 52.7 Å². The molecule has 1 aromatic heterocycles. The number of aromatic nitrogens is 1.